The molecule has 0 radical (unpaired) electrons. The molecular weight excluding hydrogens is 382 g/mol. The first kappa shape index (κ1) is 18.0. The fourth-order valence-corrected chi connectivity index (χ4v) is 6.47. The average Bonchev–Trinajstić information content (AvgIpc) is 3.12. The Hall–Kier alpha value is -2.86. The van der Waals surface area contributed by atoms with E-state index in [0.717, 1.165) is 11.1 Å². The number of Topliss-reactive ketones (excluding diaryl/α,β-unsaturated/α-hetero) is 1. The molecule has 6 nitrogen and oxygen atoms in total. The van der Waals surface area contributed by atoms with Gasteiger partial charge in [0.25, 0.3) is 5.91 Å². The number of aliphatic hydroxyl groups is 1. The highest BCUT2D eigenvalue weighted by Gasteiger charge is 2.73. The molecule has 4 aliphatic rings. The van der Waals surface area contributed by atoms with Gasteiger partial charge in [-0.15, -0.1) is 0 Å². The number of ketones is 1. The molecule has 6 heteroatoms. The zero-order chi connectivity index (χ0) is 20.7. The van der Waals surface area contributed by atoms with Crippen molar-refractivity contribution in [2.24, 2.45) is 0 Å². The Morgan fingerprint density at radius 2 is 2.00 bits per heavy atom. The van der Waals surface area contributed by atoms with Crippen LogP contribution in [-0.4, -0.2) is 53.1 Å². The van der Waals surface area contributed by atoms with Gasteiger partial charge in [0, 0.05) is 24.1 Å². The number of ether oxygens (including phenoxy) is 2. The molecule has 2 unspecified atom stereocenters. The number of amides is 1. The van der Waals surface area contributed by atoms with Gasteiger partial charge in [-0.05, 0) is 43.0 Å². The number of hydrogen-bond acceptors (Lipinski definition) is 5. The van der Waals surface area contributed by atoms with E-state index in [1.807, 2.05) is 47.4 Å². The van der Waals surface area contributed by atoms with Crippen LogP contribution in [0.15, 0.2) is 42.5 Å². The maximum atomic E-state index is 13.4. The van der Waals surface area contributed by atoms with Gasteiger partial charge in [0.2, 0.25) is 0 Å². The number of benzene rings is 2. The third-order valence-corrected chi connectivity index (χ3v) is 7.74. The molecule has 2 aliphatic carbocycles. The molecule has 4 atom stereocenters. The lowest BCUT2D eigenvalue weighted by molar-refractivity contribution is -0.181. The first-order valence-electron chi connectivity index (χ1n) is 10.5. The van der Waals surface area contributed by atoms with Crippen molar-refractivity contribution in [3.05, 3.63) is 59.2 Å². The zero-order valence-corrected chi connectivity index (χ0v) is 16.8. The van der Waals surface area contributed by atoms with Crippen molar-refractivity contribution in [2.45, 2.75) is 48.8 Å². The molecular formula is C24H23NO5. The molecule has 0 aromatic heterocycles. The van der Waals surface area contributed by atoms with Gasteiger partial charge in [-0.1, -0.05) is 24.3 Å². The van der Waals surface area contributed by atoms with E-state index in [1.165, 1.54) is 0 Å². The topological polar surface area (TPSA) is 76.1 Å². The number of methoxy groups -OCH3 is 1. The fraction of sp³-hybridized carbons (Fsp3) is 0.417. The van der Waals surface area contributed by atoms with Crippen molar-refractivity contribution in [1.29, 1.82) is 0 Å². The molecule has 1 saturated heterocycles. The first-order chi connectivity index (χ1) is 14.5. The van der Waals surface area contributed by atoms with Crippen LogP contribution in [0.25, 0.3) is 0 Å². The predicted octanol–water partition coefficient (Wildman–Crippen LogP) is 2.26. The number of likely N-dealkylation sites (tertiary alicyclic amines) is 1. The molecule has 1 spiro atoms. The van der Waals surface area contributed by atoms with E-state index in [1.54, 1.807) is 7.11 Å². The average molecular weight is 405 g/mol. The molecule has 1 saturated carbocycles. The summed E-state index contributed by atoms with van der Waals surface area (Å²) in [5, 5.41) is 12.2. The number of piperidine rings is 1. The van der Waals surface area contributed by atoms with Crippen LogP contribution in [0.2, 0.25) is 0 Å². The minimum Gasteiger partial charge on any atom is -0.493 e. The highest BCUT2D eigenvalue weighted by molar-refractivity contribution is 5.95. The molecule has 2 heterocycles. The number of hydrogen-bond donors (Lipinski definition) is 1. The number of carbonyl (C=O) groups excluding carboxylic acids is 2. The van der Waals surface area contributed by atoms with Gasteiger partial charge in [0.1, 0.15) is 0 Å². The molecule has 154 valence electrons. The quantitative estimate of drug-likeness (QED) is 0.830. The summed E-state index contributed by atoms with van der Waals surface area (Å²) in [6, 6.07) is 12.7. The normalized spacial score (nSPS) is 33.0. The molecule has 2 bridgehead atoms. The Bertz CT molecular complexity index is 1080. The summed E-state index contributed by atoms with van der Waals surface area (Å²) in [6.07, 6.45) is 0.886. The summed E-state index contributed by atoms with van der Waals surface area (Å²) in [4.78, 5) is 28.1. The van der Waals surface area contributed by atoms with E-state index in [0.29, 0.717) is 42.9 Å². The van der Waals surface area contributed by atoms with Crippen LogP contribution in [0.4, 0.5) is 0 Å². The van der Waals surface area contributed by atoms with Crippen molar-refractivity contribution < 1.29 is 24.2 Å². The maximum absolute atomic E-state index is 13.4. The van der Waals surface area contributed by atoms with Crippen LogP contribution in [-0.2, 0) is 16.6 Å². The van der Waals surface area contributed by atoms with Crippen molar-refractivity contribution in [1.82, 2.24) is 4.90 Å². The molecule has 2 aromatic rings. The van der Waals surface area contributed by atoms with E-state index < -0.39 is 23.2 Å². The standard InChI is InChI=1S/C24H23NO5/c1-29-17-8-7-15-13-18-24(28)10-9-16(26)21-23(24,19(15)20(17)30-21)11-12-25(18)22(27)14-5-3-2-4-6-14/h2-8,18,21,28H,9-13H2,1H3/t18?,21?,23-,24+/m1/s1. The molecule has 1 N–H and O–H groups in total. The van der Waals surface area contributed by atoms with Gasteiger partial charge < -0.3 is 19.5 Å². The second-order valence-electron chi connectivity index (χ2n) is 8.83. The summed E-state index contributed by atoms with van der Waals surface area (Å²) < 4.78 is 11.7. The Labute approximate surface area is 174 Å². The number of rotatable bonds is 2. The lowest BCUT2D eigenvalue weighted by Gasteiger charge is -2.62. The Balaban J connectivity index is 1.54. The van der Waals surface area contributed by atoms with E-state index in [4.69, 9.17) is 9.47 Å². The van der Waals surface area contributed by atoms with Crippen LogP contribution in [0.5, 0.6) is 11.5 Å². The van der Waals surface area contributed by atoms with Crippen molar-refractivity contribution >= 4 is 11.7 Å². The van der Waals surface area contributed by atoms with E-state index in [-0.39, 0.29) is 18.1 Å². The lowest BCUT2D eigenvalue weighted by Crippen LogP contribution is -2.77. The van der Waals surface area contributed by atoms with Gasteiger partial charge in [0.15, 0.2) is 23.4 Å². The molecule has 2 fully saturated rings. The SMILES string of the molecule is COc1ccc2c3c1OC1C(=O)CC[C@]4(O)C(C2)N(C(=O)c2ccccc2)CC[C@@]314. The highest BCUT2D eigenvalue weighted by atomic mass is 16.5. The fourth-order valence-electron chi connectivity index (χ4n) is 6.47. The lowest BCUT2D eigenvalue weighted by atomic mass is 9.49. The summed E-state index contributed by atoms with van der Waals surface area (Å²) in [5.74, 6) is 1.13. The summed E-state index contributed by atoms with van der Waals surface area (Å²) in [6.45, 7) is 0.476. The highest BCUT2D eigenvalue weighted by Crippen LogP contribution is 2.64. The van der Waals surface area contributed by atoms with Crippen LogP contribution >= 0.6 is 0 Å². The third kappa shape index (κ3) is 1.93. The maximum Gasteiger partial charge on any atom is 0.254 e. The Morgan fingerprint density at radius 1 is 1.20 bits per heavy atom. The Morgan fingerprint density at radius 3 is 2.77 bits per heavy atom. The molecule has 2 aliphatic heterocycles. The van der Waals surface area contributed by atoms with Gasteiger partial charge in [-0.3, -0.25) is 9.59 Å². The van der Waals surface area contributed by atoms with Gasteiger partial charge in [-0.2, -0.15) is 0 Å². The molecule has 6 rings (SSSR count). The predicted molar refractivity (Wildman–Crippen MR) is 108 cm³/mol. The van der Waals surface area contributed by atoms with Crippen molar-refractivity contribution in [3.63, 3.8) is 0 Å². The van der Waals surface area contributed by atoms with Crippen LogP contribution in [0.3, 0.4) is 0 Å². The smallest absolute Gasteiger partial charge is 0.254 e. The second kappa shape index (κ2) is 5.85. The van der Waals surface area contributed by atoms with Gasteiger partial charge >= 0.3 is 0 Å². The number of nitrogens with zero attached hydrogens (tertiary/aromatic N) is 1. The molecule has 30 heavy (non-hydrogen) atoms. The zero-order valence-electron chi connectivity index (χ0n) is 16.8. The van der Waals surface area contributed by atoms with E-state index >= 15 is 0 Å². The van der Waals surface area contributed by atoms with Crippen LogP contribution in [0, 0.1) is 0 Å². The molecule has 2 aromatic carbocycles. The van der Waals surface area contributed by atoms with Gasteiger partial charge in [-0.25, -0.2) is 0 Å². The molecule has 1 amide bonds. The summed E-state index contributed by atoms with van der Waals surface area (Å²) in [7, 11) is 1.59. The van der Waals surface area contributed by atoms with Crippen molar-refractivity contribution in [2.75, 3.05) is 13.7 Å². The largest absolute Gasteiger partial charge is 0.493 e. The van der Waals surface area contributed by atoms with Crippen molar-refractivity contribution in [3.8, 4) is 11.5 Å². The second-order valence-corrected chi connectivity index (χ2v) is 8.83. The first-order valence-corrected chi connectivity index (χ1v) is 10.5. The van der Waals surface area contributed by atoms with Crippen LogP contribution < -0.4 is 9.47 Å². The minimum atomic E-state index is -1.21. The monoisotopic (exact) mass is 405 g/mol. The third-order valence-electron chi connectivity index (χ3n) is 7.74. The van der Waals surface area contributed by atoms with E-state index in [2.05, 4.69) is 0 Å². The summed E-state index contributed by atoms with van der Waals surface area (Å²) in [5.41, 5.74) is 0.537. The van der Waals surface area contributed by atoms with Crippen LogP contribution in [0.1, 0.15) is 40.7 Å². The van der Waals surface area contributed by atoms with E-state index in [9.17, 15) is 14.7 Å². The number of carbonyl (C=O) groups is 2. The minimum absolute atomic E-state index is 0.0207. The summed E-state index contributed by atoms with van der Waals surface area (Å²) >= 11 is 0. The van der Waals surface area contributed by atoms with Gasteiger partial charge in [0.05, 0.1) is 24.2 Å². The Kier molecular flexibility index (Phi) is 3.50.